The summed E-state index contributed by atoms with van der Waals surface area (Å²) in [6, 6.07) is -0.132. The van der Waals surface area contributed by atoms with E-state index >= 15 is 0 Å². The van der Waals surface area contributed by atoms with Crippen LogP contribution in [-0.2, 0) is 0 Å². The summed E-state index contributed by atoms with van der Waals surface area (Å²) in [6.07, 6.45) is 2.37. The van der Waals surface area contributed by atoms with Gasteiger partial charge in [-0.3, -0.25) is 0 Å². The molecule has 5 aliphatic carbocycles. The van der Waals surface area contributed by atoms with Crippen molar-refractivity contribution >= 4 is 0 Å². The summed E-state index contributed by atoms with van der Waals surface area (Å²) >= 11 is 0. The molecule has 27 heavy (non-hydrogen) atoms. The lowest BCUT2D eigenvalue weighted by Gasteiger charge is -2.68. The van der Waals surface area contributed by atoms with E-state index in [1.165, 1.54) is 0 Å². The number of rotatable bonds is 1. The highest BCUT2D eigenvalue weighted by atomic mass is 16.5. The molecule has 0 aromatic heterocycles. The van der Waals surface area contributed by atoms with E-state index in [0.29, 0.717) is 25.4 Å². The van der Waals surface area contributed by atoms with E-state index in [9.17, 15) is 20.5 Å². The number of likely N-dealkylation sites (tertiary alicyclic amines) is 1. The summed E-state index contributed by atoms with van der Waals surface area (Å²) in [5.74, 6) is 0.473. The lowest BCUT2D eigenvalue weighted by molar-refractivity contribution is -0.927. The summed E-state index contributed by atoms with van der Waals surface area (Å²) in [4.78, 5) is 0. The number of nitrogens with zero attached hydrogens (tertiary/aromatic N) is 1. The maximum atomic E-state index is 14.2. The lowest BCUT2D eigenvalue weighted by atomic mass is 9.43. The molecule has 12 atom stereocenters. The number of aliphatic hydroxyl groups is 3. The van der Waals surface area contributed by atoms with Crippen LogP contribution in [0, 0.1) is 45.1 Å². The zero-order valence-corrected chi connectivity index (χ0v) is 16.5. The van der Waals surface area contributed by atoms with Crippen LogP contribution in [0.3, 0.4) is 0 Å². The quantitative estimate of drug-likeness (QED) is 0.371. The van der Waals surface area contributed by atoms with Gasteiger partial charge in [-0.1, -0.05) is 13.5 Å². The molecule has 0 radical (unpaired) electrons. The second-order valence-electron chi connectivity index (χ2n) is 11.2. The Kier molecular flexibility index (Phi) is 2.99. The van der Waals surface area contributed by atoms with Crippen molar-refractivity contribution in [1.82, 2.24) is 0 Å². The van der Waals surface area contributed by atoms with Crippen LogP contribution >= 0.6 is 0 Å². The van der Waals surface area contributed by atoms with Gasteiger partial charge in [0, 0.05) is 22.7 Å². The summed E-state index contributed by atoms with van der Waals surface area (Å²) in [7, 11) is 0. The van der Waals surface area contributed by atoms with Gasteiger partial charge in [-0.25, -0.2) is 0 Å². The zero-order valence-electron chi connectivity index (χ0n) is 16.5. The minimum Gasteiger partial charge on any atom is -0.633 e. The Hall–Kier alpha value is -0.460. The molecular weight excluding hydrogens is 342 g/mol. The van der Waals surface area contributed by atoms with E-state index in [4.69, 9.17) is 0 Å². The SMILES string of the molecule is C=C1[C@H]2C[C@]3(C4CC5[C@@]6(C)CC[C@H](O)[C@]5(C3C[C@@H]2O)C4[N+]([O-])(CC)C6)[C@@H]1O. The van der Waals surface area contributed by atoms with Gasteiger partial charge in [-0.2, -0.15) is 0 Å². The fraction of sp³-hybridized carbons (Fsp3) is 0.909. The Labute approximate surface area is 161 Å². The maximum absolute atomic E-state index is 14.2. The molecule has 2 spiro atoms. The first-order valence-corrected chi connectivity index (χ1v) is 11.0. The highest BCUT2D eigenvalue weighted by Crippen LogP contribution is 2.84. The lowest BCUT2D eigenvalue weighted by Crippen LogP contribution is -2.73. The molecular formula is C22H33NO4. The van der Waals surface area contributed by atoms with Gasteiger partial charge in [0.2, 0.25) is 0 Å². The molecule has 6 aliphatic rings. The molecule has 5 nitrogen and oxygen atoms in total. The highest BCUT2D eigenvalue weighted by Gasteiger charge is 2.88. The number of hydrogen-bond acceptors (Lipinski definition) is 4. The van der Waals surface area contributed by atoms with Crippen molar-refractivity contribution in [3.05, 3.63) is 17.4 Å². The first-order valence-electron chi connectivity index (χ1n) is 11.0. The number of fused-ring (bicyclic) bond motifs is 1. The van der Waals surface area contributed by atoms with Gasteiger partial charge in [0.05, 0.1) is 36.8 Å². The summed E-state index contributed by atoms with van der Waals surface area (Å²) < 4.78 is -0.215. The minimum absolute atomic E-state index is 0.0344. The Bertz CT molecular complexity index is 742. The Morgan fingerprint density at radius 2 is 1.96 bits per heavy atom. The summed E-state index contributed by atoms with van der Waals surface area (Å²) in [6.45, 7) is 9.62. The largest absolute Gasteiger partial charge is 0.633 e. The van der Waals surface area contributed by atoms with Gasteiger partial charge in [-0.05, 0) is 56.4 Å². The summed E-state index contributed by atoms with van der Waals surface area (Å²) in [5, 5.41) is 48.0. The molecule has 0 amide bonds. The van der Waals surface area contributed by atoms with E-state index < -0.39 is 23.7 Å². The molecule has 5 saturated carbocycles. The average Bonchev–Trinajstić information content (AvgIpc) is 3.17. The Morgan fingerprint density at radius 3 is 2.67 bits per heavy atom. The van der Waals surface area contributed by atoms with Crippen LogP contribution in [0.25, 0.3) is 0 Å². The van der Waals surface area contributed by atoms with Crippen molar-refractivity contribution in [2.45, 2.75) is 70.3 Å². The molecule has 5 unspecified atom stereocenters. The van der Waals surface area contributed by atoms with E-state index in [1.54, 1.807) is 0 Å². The third-order valence-corrected chi connectivity index (χ3v) is 10.9. The van der Waals surface area contributed by atoms with Gasteiger partial charge >= 0.3 is 0 Å². The van der Waals surface area contributed by atoms with Crippen molar-refractivity contribution in [2.24, 2.45) is 39.9 Å². The van der Waals surface area contributed by atoms with Crippen LogP contribution < -0.4 is 0 Å². The average molecular weight is 376 g/mol. The Morgan fingerprint density at radius 1 is 1.22 bits per heavy atom. The van der Waals surface area contributed by atoms with Crippen molar-refractivity contribution in [3.8, 4) is 0 Å². The molecule has 6 rings (SSSR count). The van der Waals surface area contributed by atoms with Crippen LogP contribution in [0.4, 0.5) is 0 Å². The van der Waals surface area contributed by atoms with Crippen LogP contribution in [0.15, 0.2) is 12.2 Å². The second-order valence-corrected chi connectivity index (χ2v) is 11.2. The molecule has 1 saturated heterocycles. The Balaban J connectivity index is 1.63. The number of hydroxylamine groups is 3. The highest BCUT2D eigenvalue weighted by molar-refractivity contribution is 5.38. The predicted molar refractivity (Wildman–Crippen MR) is 100 cm³/mol. The molecule has 0 aromatic rings. The van der Waals surface area contributed by atoms with Gasteiger partial charge in [-0.15, -0.1) is 0 Å². The van der Waals surface area contributed by atoms with Crippen molar-refractivity contribution < 1.29 is 20.0 Å². The third-order valence-electron chi connectivity index (χ3n) is 10.9. The zero-order chi connectivity index (χ0) is 19.1. The molecule has 7 bridgehead atoms. The van der Waals surface area contributed by atoms with Crippen molar-refractivity contribution in [2.75, 3.05) is 13.1 Å². The number of piperidine rings is 1. The summed E-state index contributed by atoms with van der Waals surface area (Å²) in [5.41, 5.74) is -0.0521. The number of quaternary nitrogens is 1. The molecule has 5 heteroatoms. The van der Waals surface area contributed by atoms with Crippen LogP contribution in [0.1, 0.15) is 46.0 Å². The van der Waals surface area contributed by atoms with Crippen LogP contribution in [0.2, 0.25) is 0 Å². The van der Waals surface area contributed by atoms with Gasteiger partial charge in [0.25, 0.3) is 0 Å². The standard InChI is InChI=1S/C22H33NO4/c1-4-23(27)10-20(3)6-5-17(25)22-15(20)7-13(18(22)23)21-9-12(11(2)19(21)26)14(24)8-16(21)22/h12-19,24-26H,2,4-10H2,1,3H3/t12-,13?,14+,15?,16?,17+,18?,19-,20+,21-,22+,23?/m1/s1. The fourth-order valence-corrected chi connectivity index (χ4v) is 10.3. The molecule has 0 aromatic carbocycles. The van der Waals surface area contributed by atoms with Crippen molar-refractivity contribution in [3.63, 3.8) is 0 Å². The smallest absolute Gasteiger partial charge is 0.101 e. The van der Waals surface area contributed by atoms with Crippen LogP contribution in [-0.4, -0.2) is 57.4 Å². The molecule has 3 N–H and O–H groups in total. The molecule has 1 heterocycles. The first kappa shape index (κ1) is 17.4. The van der Waals surface area contributed by atoms with Crippen molar-refractivity contribution in [1.29, 1.82) is 0 Å². The van der Waals surface area contributed by atoms with Gasteiger partial charge in [0.15, 0.2) is 0 Å². The van der Waals surface area contributed by atoms with Crippen LogP contribution in [0.5, 0.6) is 0 Å². The van der Waals surface area contributed by atoms with Gasteiger partial charge < -0.3 is 25.2 Å². The van der Waals surface area contributed by atoms with E-state index in [2.05, 4.69) is 13.5 Å². The predicted octanol–water partition coefficient (Wildman–Crippen LogP) is 1.80. The maximum Gasteiger partial charge on any atom is 0.101 e. The van der Waals surface area contributed by atoms with E-state index in [1.807, 2.05) is 6.92 Å². The fourth-order valence-electron chi connectivity index (χ4n) is 10.3. The first-order chi connectivity index (χ1) is 12.7. The number of hydrogen-bond donors (Lipinski definition) is 3. The molecule has 1 aliphatic heterocycles. The second kappa shape index (κ2) is 4.65. The monoisotopic (exact) mass is 375 g/mol. The third kappa shape index (κ3) is 1.49. The van der Waals surface area contributed by atoms with E-state index in [0.717, 1.165) is 31.3 Å². The molecule has 6 fully saturated rings. The molecule has 150 valence electrons. The van der Waals surface area contributed by atoms with Gasteiger partial charge in [0.1, 0.15) is 6.04 Å². The topological polar surface area (TPSA) is 83.8 Å². The number of aliphatic hydroxyl groups excluding tert-OH is 3. The minimum atomic E-state index is -0.638. The normalized spacial score (nSPS) is 68.3. The van der Waals surface area contributed by atoms with E-state index in [-0.39, 0.29) is 39.3 Å².